The molecule has 2 aromatic rings. The minimum Gasteiger partial charge on any atom is -0.487 e. The van der Waals surface area contributed by atoms with Crippen LogP contribution in [0.3, 0.4) is 0 Å². The molecule has 1 heterocycles. The number of aliphatic hydroxyl groups excluding tert-OH is 1. The van der Waals surface area contributed by atoms with Crippen LogP contribution in [0.1, 0.15) is 41.3 Å². The Labute approximate surface area is 119 Å². The van der Waals surface area contributed by atoms with E-state index in [4.69, 9.17) is 4.74 Å². The third-order valence-corrected chi connectivity index (χ3v) is 3.89. The predicted molar refractivity (Wildman–Crippen MR) is 77.6 cm³/mol. The Morgan fingerprint density at radius 3 is 3.10 bits per heavy atom. The highest BCUT2D eigenvalue weighted by Crippen LogP contribution is 2.32. The lowest BCUT2D eigenvalue weighted by Gasteiger charge is -2.22. The van der Waals surface area contributed by atoms with Gasteiger partial charge in [-0.2, -0.15) is 0 Å². The molecule has 1 N–H and O–H groups in total. The molecule has 0 unspecified atom stereocenters. The normalized spacial score (nSPS) is 17.6. The van der Waals surface area contributed by atoms with Crippen molar-refractivity contribution >= 4 is 0 Å². The van der Waals surface area contributed by atoms with Crippen molar-refractivity contribution in [1.29, 1.82) is 0 Å². The predicted octanol–water partition coefficient (Wildman–Crippen LogP) is 3.34. The number of aliphatic hydroxyl groups is 1. The Hall–Kier alpha value is -1.87. The SMILES string of the molecule is Cc1cccnc1COc1ccc2c(c1)[C@H](O)CCC2. The van der Waals surface area contributed by atoms with Crippen molar-refractivity contribution in [3.63, 3.8) is 0 Å². The van der Waals surface area contributed by atoms with Gasteiger partial charge in [-0.05, 0) is 61.1 Å². The molecule has 0 fully saturated rings. The smallest absolute Gasteiger partial charge is 0.130 e. The number of ether oxygens (including phenoxy) is 1. The summed E-state index contributed by atoms with van der Waals surface area (Å²) >= 11 is 0. The fourth-order valence-electron chi connectivity index (χ4n) is 2.66. The number of hydrogen-bond acceptors (Lipinski definition) is 3. The molecule has 0 bridgehead atoms. The number of fused-ring (bicyclic) bond motifs is 1. The first-order chi connectivity index (χ1) is 9.74. The summed E-state index contributed by atoms with van der Waals surface area (Å²) in [7, 11) is 0. The van der Waals surface area contributed by atoms with E-state index < -0.39 is 0 Å². The molecule has 0 spiro atoms. The Kier molecular flexibility index (Phi) is 3.70. The van der Waals surface area contributed by atoms with E-state index in [0.29, 0.717) is 6.61 Å². The second-order valence-electron chi connectivity index (χ2n) is 5.32. The largest absolute Gasteiger partial charge is 0.487 e. The lowest BCUT2D eigenvalue weighted by Crippen LogP contribution is -2.09. The highest BCUT2D eigenvalue weighted by molar-refractivity contribution is 5.38. The van der Waals surface area contributed by atoms with Crippen LogP contribution in [0.5, 0.6) is 5.75 Å². The third-order valence-electron chi connectivity index (χ3n) is 3.89. The molecular weight excluding hydrogens is 250 g/mol. The topological polar surface area (TPSA) is 42.4 Å². The van der Waals surface area contributed by atoms with E-state index >= 15 is 0 Å². The molecule has 104 valence electrons. The first-order valence-corrected chi connectivity index (χ1v) is 7.08. The molecule has 1 aliphatic rings. The third kappa shape index (κ3) is 2.68. The summed E-state index contributed by atoms with van der Waals surface area (Å²) in [6.07, 6.45) is 4.38. The first kappa shape index (κ1) is 13.1. The first-order valence-electron chi connectivity index (χ1n) is 7.08. The zero-order chi connectivity index (χ0) is 13.9. The van der Waals surface area contributed by atoms with Gasteiger partial charge in [-0.3, -0.25) is 4.98 Å². The molecule has 20 heavy (non-hydrogen) atoms. The highest BCUT2D eigenvalue weighted by atomic mass is 16.5. The van der Waals surface area contributed by atoms with Gasteiger partial charge in [0.1, 0.15) is 12.4 Å². The highest BCUT2D eigenvalue weighted by Gasteiger charge is 2.18. The summed E-state index contributed by atoms with van der Waals surface area (Å²) in [5.74, 6) is 0.801. The van der Waals surface area contributed by atoms with Gasteiger partial charge in [0.25, 0.3) is 0 Å². The van der Waals surface area contributed by atoms with Gasteiger partial charge in [-0.15, -0.1) is 0 Å². The van der Waals surface area contributed by atoms with Crippen molar-refractivity contribution in [3.8, 4) is 5.75 Å². The molecule has 0 radical (unpaired) electrons. The Balaban J connectivity index is 1.75. The van der Waals surface area contributed by atoms with Crippen molar-refractivity contribution in [3.05, 3.63) is 58.9 Å². The van der Waals surface area contributed by atoms with Crippen LogP contribution in [0.2, 0.25) is 0 Å². The maximum Gasteiger partial charge on any atom is 0.130 e. The van der Waals surface area contributed by atoms with Crippen molar-refractivity contribution in [1.82, 2.24) is 4.98 Å². The van der Waals surface area contributed by atoms with Gasteiger partial charge in [-0.1, -0.05) is 12.1 Å². The zero-order valence-corrected chi connectivity index (χ0v) is 11.7. The van der Waals surface area contributed by atoms with E-state index in [9.17, 15) is 5.11 Å². The molecule has 0 aliphatic heterocycles. The van der Waals surface area contributed by atoms with Crippen molar-refractivity contribution in [2.24, 2.45) is 0 Å². The van der Waals surface area contributed by atoms with Crippen molar-refractivity contribution < 1.29 is 9.84 Å². The van der Waals surface area contributed by atoms with Gasteiger partial charge < -0.3 is 9.84 Å². The van der Waals surface area contributed by atoms with Crippen LogP contribution >= 0.6 is 0 Å². The number of rotatable bonds is 3. The molecule has 0 saturated heterocycles. The fraction of sp³-hybridized carbons (Fsp3) is 0.353. The summed E-state index contributed by atoms with van der Waals surface area (Å²) in [5.41, 5.74) is 4.34. The van der Waals surface area contributed by atoms with Crippen LogP contribution in [0, 0.1) is 6.92 Å². The summed E-state index contributed by atoms with van der Waals surface area (Å²) in [6, 6.07) is 9.97. The zero-order valence-electron chi connectivity index (χ0n) is 11.7. The molecule has 3 nitrogen and oxygen atoms in total. The van der Waals surface area contributed by atoms with Crippen LogP contribution < -0.4 is 4.74 Å². The molecule has 0 amide bonds. The quantitative estimate of drug-likeness (QED) is 0.929. The minimum absolute atomic E-state index is 0.348. The number of nitrogens with zero attached hydrogens (tertiary/aromatic N) is 1. The van der Waals surface area contributed by atoms with E-state index in [2.05, 4.69) is 11.1 Å². The molecule has 1 atom stereocenters. The van der Waals surface area contributed by atoms with E-state index in [1.54, 1.807) is 6.20 Å². The number of aromatic nitrogens is 1. The second kappa shape index (κ2) is 5.63. The lowest BCUT2D eigenvalue weighted by molar-refractivity contribution is 0.156. The average molecular weight is 269 g/mol. The summed E-state index contributed by atoms with van der Waals surface area (Å²) in [5, 5.41) is 10.0. The monoisotopic (exact) mass is 269 g/mol. The van der Waals surface area contributed by atoms with Crippen LogP contribution in [0.4, 0.5) is 0 Å². The van der Waals surface area contributed by atoms with Crippen LogP contribution in [-0.2, 0) is 13.0 Å². The number of hydrogen-bond donors (Lipinski definition) is 1. The molecular formula is C17H19NO2. The van der Waals surface area contributed by atoms with Crippen LogP contribution in [0.25, 0.3) is 0 Å². The number of aryl methyl sites for hydroxylation is 2. The van der Waals surface area contributed by atoms with Gasteiger partial charge in [-0.25, -0.2) is 0 Å². The Morgan fingerprint density at radius 1 is 1.35 bits per heavy atom. The molecule has 0 saturated carbocycles. The number of pyridine rings is 1. The Morgan fingerprint density at radius 2 is 2.25 bits per heavy atom. The number of benzene rings is 1. The molecule has 1 aliphatic carbocycles. The molecule has 1 aromatic heterocycles. The minimum atomic E-state index is -0.348. The summed E-state index contributed by atoms with van der Waals surface area (Å²) in [4.78, 5) is 4.32. The van der Waals surface area contributed by atoms with Crippen LogP contribution in [-0.4, -0.2) is 10.1 Å². The maximum atomic E-state index is 10.0. The summed E-state index contributed by atoms with van der Waals surface area (Å²) < 4.78 is 5.81. The molecule has 3 heteroatoms. The standard InChI is InChI=1S/C17H19NO2/c1-12-4-3-9-18-16(12)11-20-14-8-7-13-5-2-6-17(19)15(13)10-14/h3-4,7-10,17,19H,2,5-6,11H2,1H3/t17-/m1/s1. The van der Waals surface area contributed by atoms with Gasteiger partial charge in [0.2, 0.25) is 0 Å². The van der Waals surface area contributed by atoms with E-state index in [0.717, 1.165) is 41.8 Å². The van der Waals surface area contributed by atoms with Gasteiger partial charge in [0.05, 0.1) is 11.8 Å². The molecule has 3 rings (SSSR count). The fourth-order valence-corrected chi connectivity index (χ4v) is 2.66. The second-order valence-corrected chi connectivity index (χ2v) is 5.32. The maximum absolute atomic E-state index is 10.0. The Bertz CT molecular complexity index is 610. The van der Waals surface area contributed by atoms with E-state index in [1.165, 1.54) is 5.56 Å². The lowest BCUT2D eigenvalue weighted by atomic mass is 9.89. The summed E-state index contributed by atoms with van der Waals surface area (Å²) in [6.45, 7) is 2.49. The van der Waals surface area contributed by atoms with Gasteiger partial charge in [0.15, 0.2) is 0 Å². The van der Waals surface area contributed by atoms with E-state index in [1.807, 2.05) is 31.2 Å². The van der Waals surface area contributed by atoms with E-state index in [-0.39, 0.29) is 6.10 Å². The average Bonchev–Trinajstić information content (AvgIpc) is 2.47. The van der Waals surface area contributed by atoms with Crippen molar-refractivity contribution in [2.45, 2.75) is 38.9 Å². The van der Waals surface area contributed by atoms with Gasteiger partial charge in [0, 0.05) is 6.20 Å². The van der Waals surface area contributed by atoms with Crippen molar-refractivity contribution in [2.75, 3.05) is 0 Å². The van der Waals surface area contributed by atoms with Gasteiger partial charge >= 0.3 is 0 Å². The molecule has 1 aromatic carbocycles. The van der Waals surface area contributed by atoms with Crippen LogP contribution in [0.15, 0.2) is 36.5 Å².